The Morgan fingerprint density at radius 2 is 2.14 bits per heavy atom. The third kappa shape index (κ3) is 3.99. The van der Waals surface area contributed by atoms with E-state index in [1.54, 1.807) is 12.6 Å². The first-order valence-corrected chi connectivity index (χ1v) is 9.31. The summed E-state index contributed by atoms with van der Waals surface area (Å²) in [6.45, 7) is 2.50. The number of aliphatic hydroxyl groups excluding tert-OH is 2. The fraction of sp³-hybridized carbons (Fsp3) is 0.500. The van der Waals surface area contributed by atoms with Crippen LogP contribution in [0.1, 0.15) is 18.4 Å². The van der Waals surface area contributed by atoms with Crippen LogP contribution in [-0.2, 0) is 11.3 Å². The molecule has 4 heterocycles. The molecule has 1 aliphatic heterocycles. The lowest BCUT2D eigenvalue weighted by atomic mass is 10.2. The average molecular weight is 388 g/mol. The van der Waals surface area contributed by atoms with Gasteiger partial charge in [-0.05, 0) is 18.6 Å². The van der Waals surface area contributed by atoms with Gasteiger partial charge in [0.05, 0.1) is 31.8 Å². The molecule has 1 saturated heterocycles. The van der Waals surface area contributed by atoms with Gasteiger partial charge in [-0.25, -0.2) is 15.0 Å². The SMILES string of the molecule is OCCCNc1ncnc2c1ncn2[C@H]1CN(Cc2ccco2)C[C@@H](CO)O1. The van der Waals surface area contributed by atoms with Gasteiger partial charge in [-0.3, -0.25) is 9.47 Å². The molecule has 0 aliphatic carbocycles. The molecule has 3 aromatic heterocycles. The highest BCUT2D eigenvalue weighted by atomic mass is 16.5. The van der Waals surface area contributed by atoms with Crippen molar-refractivity contribution in [3.05, 3.63) is 36.8 Å². The van der Waals surface area contributed by atoms with Crippen LogP contribution in [0.15, 0.2) is 35.5 Å². The maximum atomic E-state index is 9.67. The Kier molecular flexibility index (Phi) is 5.81. The summed E-state index contributed by atoms with van der Waals surface area (Å²) in [5.74, 6) is 1.49. The largest absolute Gasteiger partial charge is 0.468 e. The highest BCUT2D eigenvalue weighted by Crippen LogP contribution is 2.26. The number of aromatic nitrogens is 4. The zero-order chi connectivity index (χ0) is 19.3. The van der Waals surface area contributed by atoms with E-state index in [0.29, 0.717) is 49.6 Å². The van der Waals surface area contributed by atoms with Crippen LogP contribution < -0.4 is 5.32 Å². The van der Waals surface area contributed by atoms with Crippen LogP contribution in [0.5, 0.6) is 0 Å². The monoisotopic (exact) mass is 388 g/mol. The number of imidazole rings is 1. The predicted molar refractivity (Wildman–Crippen MR) is 100 cm³/mol. The molecule has 1 aliphatic rings. The van der Waals surface area contributed by atoms with Crippen LogP contribution >= 0.6 is 0 Å². The lowest BCUT2D eigenvalue weighted by Gasteiger charge is -2.37. The number of anilines is 1. The lowest BCUT2D eigenvalue weighted by molar-refractivity contribution is -0.136. The molecule has 3 aromatic rings. The van der Waals surface area contributed by atoms with Gasteiger partial charge in [0, 0.05) is 26.2 Å². The first kappa shape index (κ1) is 18.8. The Bertz CT molecular complexity index is 883. The van der Waals surface area contributed by atoms with Crippen molar-refractivity contribution < 1.29 is 19.4 Å². The van der Waals surface area contributed by atoms with E-state index in [4.69, 9.17) is 14.3 Å². The second-order valence-electron chi connectivity index (χ2n) is 6.72. The molecule has 0 spiro atoms. The molecular formula is C18H24N6O4. The highest BCUT2D eigenvalue weighted by molar-refractivity contribution is 5.82. The van der Waals surface area contributed by atoms with Crippen molar-refractivity contribution in [1.82, 2.24) is 24.4 Å². The molecule has 0 unspecified atom stereocenters. The zero-order valence-corrected chi connectivity index (χ0v) is 15.4. The molecule has 10 nitrogen and oxygen atoms in total. The van der Waals surface area contributed by atoms with E-state index in [-0.39, 0.29) is 25.5 Å². The third-order valence-electron chi connectivity index (χ3n) is 4.69. The van der Waals surface area contributed by atoms with E-state index < -0.39 is 0 Å². The number of furan rings is 1. The van der Waals surface area contributed by atoms with Crippen LogP contribution in [0.3, 0.4) is 0 Å². The van der Waals surface area contributed by atoms with Crippen molar-refractivity contribution in [2.45, 2.75) is 25.3 Å². The van der Waals surface area contributed by atoms with Crippen LogP contribution in [0.25, 0.3) is 11.2 Å². The van der Waals surface area contributed by atoms with Gasteiger partial charge in [0.2, 0.25) is 0 Å². The van der Waals surface area contributed by atoms with E-state index >= 15 is 0 Å². The summed E-state index contributed by atoms with van der Waals surface area (Å²) in [5, 5.41) is 21.8. The van der Waals surface area contributed by atoms with Crippen molar-refractivity contribution in [2.75, 3.05) is 38.2 Å². The standard InChI is InChI=1S/C18H24N6O4/c25-5-2-4-19-17-16-18(21-11-20-17)24(12-22-16)15-9-23(8-14(10-26)28-15)7-13-3-1-6-27-13/h1,3,6,11-12,14-15,25-26H,2,4-5,7-10H2,(H,19,20,21)/t14-,15+/m0/s1. The quantitative estimate of drug-likeness (QED) is 0.476. The first-order chi connectivity index (χ1) is 13.8. The molecule has 0 aromatic carbocycles. The Morgan fingerprint density at radius 1 is 1.21 bits per heavy atom. The average Bonchev–Trinajstić information content (AvgIpc) is 3.38. The number of aliphatic hydroxyl groups is 2. The Labute approximate surface area is 161 Å². The molecule has 0 radical (unpaired) electrons. The smallest absolute Gasteiger partial charge is 0.167 e. The maximum Gasteiger partial charge on any atom is 0.167 e. The van der Waals surface area contributed by atoms with Crippen LogP contribution in [0, 0.1) is 0 Å². The molecule has 150 valence electrons. The highest BCUT2D eigenvalue weighted by Gasteiger charge is 2.30. The van der Waals surface area contributed by atoms with E-state index in [0.717, 1.165) is 5.76 Å². The number of nitrogens with zero attached hydrogens (tertiary/aromatic N) is 5. The van der Waals surface area contributed by atoms with Crippen molar-refractivity contribution in [2.24, 2.45) is 0 Å². The Hall–Kier alpha value is -2.53. The number of morpholine rings is 1. The zero-order valence-electron chi connectivity index (χ0n) is 15.4. The summed E-state index contributed by atoms with van der Waals surface area (Å²) >= 11 is 0. The minimum absolute atomic E-state index is 0.0687. The van der Waals surface area contributed by atoms with Gasteiger partial charge < -0.3 is 24.7 Å². The third-order valence-corrected chi connectivity index (χ3v) is 4.69. The van der Waals surface area contributed by atoms with E-state index in [1.807, 2.05) is 16.7 Å². The van der Waals surface area contributed by atoms with E-state index in [9.17, 15) is 5.11 Å². The van der Waals surface area contributed by atoms with Gasteiger partial charge in [-0.15, -0.1) is 0 Å². The second-order valence-corrected chi connectivity index (χ2v) is 6.72. The predicted octanol–water partition coefficient (Wildman–Crippen LogP) is 0.605. The number of fused-ring (bicyclic) bond motifs is 1. The van der Waals surface area contributed by atoms with Crippen molar-refractivity contribution >= 4 is 17.0 Å². The van der Waals surface area contributed by atoms with Gasteiger partial charge in [0.1, 0.15) is 18.3 Å². The summed E-state index contributed by atoms with van der Waals surface area (Å²) in [7, 11) is 0. The van der Waals surface area contributed by atoms with Gasteiger partial charge in [0.15, 0.2) is 17.0 Å². The number of nitrogens with one attached hydrogen (secondary N) is 1. The minimum Gasteiger partial charge on any atom is -0.468 e. The summed E-state index contributed by atoms with van der Waals surface area (Å²) in [5.41, 5.74) is 1.30. The molecule has 0 bridgehead atoms. The number of ether oxygens (including phenoxy) is 1. The normalized spacial score (nSPS) is 20.6. The molecular weight excluding hydrogens is 364 g/mol. The van der Waals surface area contributed by atoms with Gasteiger partial charge >= 0.3 is 0 Å². The molecule has 10 heteroatoms. The topological polar surface area (TPSA) is 122 Å². The summed E-state index contributed by atoms with van der Waals surface area (Å²) in [4.78, 5) is 15.3. The van der Waals surface area contributed by atoms with Gasteiger partial charge in [0.25, 0.3) is 0 Å². The summed E-state index contributed by atoms with van der Waals surface area (Å²) in [6, 6.07) is 3.80. The van der Waals surface area contributed by atoms with E-state index in [1.165, 1.54) is 6.33 Å². The summed E-state index contributed by atoms with van der Waals surface area (Å²) < 4.78 is 13.4. The molecule has 4 rings (SSSR count). The van der Waals surface area contributed by atoms with Crippen molar-refractivity contribution in [3.63, 3.8) is 0 Å². The molecule has 1 fully saturated rings. The molecule has 0 saturated carbocycles. The number of hydrogen-bond acceptors (Lipinski definition) is 9. The molecule has 3 N–H and O–H groups in total. The lowest BCUT2D eigenvalue weighted by Crippen LogP contribution is -2.46. The minimum atomic E-state index is -0.342. The molecule has 0 amide bonds. The first-order valence-electron chi connectivity index (χ1n) is 9.31. The van der Waals surface area contributed by atoms with Crippen LogP contribution in [0.2, 0.25) is 0 Å². The Morgan fingerprint density at radius 3 is 2.93 bits per heavy atom. The fourth-order valence-corrected chi connectivity index (χ4v) is 3.38. The Balaban J connectivity index is 1.56. The van der Waals surface area contributed by atoms with Crippen molar-refractivity contribution in [1.29, 1.82) is 0 Å². The number of rotatable bonds is 8. The number of hydrogen-bond donors (Lipinski definition) is 3. The molecule has 2 atom stereocenters. The van der Waals surface area contributed by atoms with E-state index in [2.05, 4.69) is 25.2 Å². The summed E-state index contributed by atoms with van der Waals surface area (Å²) in [6.07, 6.45) is 4.79. The second kappa shape index (κ2) is 8.65. The van der Waals surface area contributed by atoms with Gasteiger partial charge in [-0.2, -0.15) is 0 Å². The van der Waals surface area contributed by atoms with Crippen LogP contribution in [-0.4, -0.2) is 73.6 Å². The molecule has 28 heavy (non-hydrogen) atoms. The van der Waals surface area contributed by atoms with Crippen LogP contribution in [0.4, 0.5) is 5.82 Å². The maximum absolute atomic E-state index is 9.67. The van der Waals surface area contributed by atoms with Gasteiger partial charge in [-0.1, -0.05) is 0 Å². The fourth-order valence-electron chi connectivity index (χ4n) is 3.38. The van der Waals surface area contributed by atoms with Crippen molar-refractivity contribution in [3.8, 4) is 0 Å².